The molecule has 0 spiro atoms. The Morgan fingerprint density at radius 1 is 1.19 bits per heavy atom. The molecule has 94 valence electrons. The summed E-state index contributed by atoms with van der Waals surface area (Å²) in [6, 6.07) is 0. The third-order valence-corrected chi connectivity index (χ3v) is 5.73. The largest absolute Gasteiger partial charge is 0.396 e. The van der Waals surface area contributed by atoms with Gasteiger partial charge in [0.15, 0.2) is 0 Å². The number of hydrogen-bond acceptors (Lipinski definition) is 2. The molecule has 2 aliphatic carbocycles. The molecule has 0 aromatic carbocycles. The Morgan fingerprint density at radius 3 is 2.50 bits per heavy atom. The van der Waals surface area contributed by atoms with Gasteiger partial charge in [0.1, 0.15) is 0 Å². The summed E-state index contributed by atoms with van der Waals surface area (Å²) in [6.07, 6.45) is 4.32. The van der Waals surface area contributed by atoms with Gasteiger partial charge in [-0.2, -0.15) is 0 Å². The van der Waals surface area contributed by atoms with Crippen molar-refractivity contribution >= 4 is 0 Å². The van der Waals surface area contributed by atoms with Crippen LogP contribution in [0.1, 0.15) is 46.5 Å². The first-order chi connectivity index (χ1) is 7.50. The molecule has 2 saturated carbocycles. The topological polar surface area (TPSA) is 40.5 Å². The summed E-state index contributed by atoms with van der Waals surface area (Å²) >= 11 is 0. The molecule has 2 rings (SSSR count). The van der Waals surface area contributed by atoms with Crippen molar-refractivity contribution in [2.45, 2.75) is 52.6 Å². The smallest absolute Gasteiger partial charge is 0.0568 e. The second-order valence-corrected chi connectivity index (χ2v) is 6.42. The molecule has 0 bridgehead atoms. The monoisotopic (exact) mass is 226 g/mol. The molecule has 0 aliphatic heterocycles. The summed E-state index contributed by atoms with van der Waals surface area (Å²) in [7, 11) is 0. The van der Waals surface area contributed by atoms with Crippen molar-refractivity contribution in [3.63, 3.8) is 0 Å². The first-order valence-corrected chi connectivity index (χ1v) is 6.79. The molecule has 2 N–H and O–H groups in total. The molecule has 16 heavy (non-hydrogen) atoms. The first kappa shape index (κ1) is 12.4. The van der Waals surface area contributed by atoms with Crippen LogP contribution in [0.5, 0.6) is 0 Å². The van der Waals surface area contributed by atoms with Crippen molar-refractivity contribution in [2.24, 2.45) is 29.1 Å². The van der Waals surface area contributed by atoms with E-state index in [1.165, 1.54) is 12.8 Å². The lowest BCUT2D eigenvalue weighted by Crippen LogP contribution is -2.52. The predicted octanol–water partition coefficient (Wildman–Crippen LogP) is 2.44. The summed E-state index contributed by atoms with van der Waals surface area (Å²) in [6.45, 7) is 7.13. The van der Waals surface area contributed by atoms with E-state index in [2.05, 4.69) is 20.8 Å². The van der Waals surface area contributed by atoms with Crippen LogP contribution < -0.4 is 0 Å². The lowest BCUT2D eigenvalue weighted by atomic mass is 9.50. The molecule has 0 aromatic rings. The van der Waals surface area contributed by atoms with Gasteiger partial charge < -0.3 is 10.2 Å². The molecule has 2 aliphatic rings. The molecular weight excluding hydrogens is 200 g/mol. The van der Waals surface area contributed by atoms with Gasteiger partial charge in [0.05, 0.1) is 6.10 Å². The zero-order valence-corrected chi connectivity index (χ0v) is 10.8. The zero-order chi connectivity index (χ0) is 11.9. The Hall–Kier alpha value is -0.0800. The lowest BCUT2D eigenvalue weighted by Gasteiger charge is -2.56. The van der Waals surface area contributed by atoms with Gasteiger partial charge in [-0.25, -0.2) is 0 Å². The van der Waals surface area contributed by atoms with Gasteiger partial charge in [-0.3, -0.25) is 0 Å². The van der Waals surface area contributed by atoms with Gasteiger partial charge in [0.2, 0.25) is 0 Å². The zero-order valence-electron chi connectivity index (χ0n) is 10.8. The van der Waals surface area contributed by atoms with Gasteiger partial charge in [0, 0.05) is 6.61 Å². The molecular formula is C14H26O2. The average molecular weight is 226 g/mol. The van der Waals surface area contributed by atoms with E-state index in [-0.39, 0.29) is 11.5 Å². The van der Waals surface area contributed by atoms with Crippen molar-refractivity contribution in [3.8, 4) is 0 Å². The Kier molecular flexibility index (Phi) is 3.33. The van der Waals surface area contributed by atoms with E-state index in [1.54, 1.807) is 0 Å². The second kappa shape index (κ2) is 4.30. The van der Waals surface area contributed by atoms with Crippen LogP contribution in [0.2, 0.25) is 0 Å². The molecule has 0 radical (unpaired) electrons. The second-order valence-electron chi connectivity index (χ2n) is 6.42. The van der Waals surface area contributed by atoms with Crippen LogP contribution in [-0.4, -0.2) is 22.9 Å². The minimum Gasteiger partial charge on any atom is -0.396 e. The highest BCUT2D eigenvalue weighted by atomic mass is 16.3. The van der Waals surface area contributed by atoms with Crippen molar-refractivity contribution in [2.75, 3.05) is 6.61 Å². The number of rotatable bonds is 1. The maximum absolute atomic E-state index is 9.99. The fourth-order valence-electron chi connectivity index (χ4n) is 4.51. The molecule has 0 heterocycles. The van der Waals surface area contributed by atoms with E-state index in [9.17, 15) is 10.2 Å². The van der Waals surface area contributed by atoms with Crippen molar-refractivity contribution in [1.82, 2.24) is 0 Å². The van der Waals surface area contributed by atoms with Gasteiger partial charge in [-0.05, 0) is 48.3 Å². The number of aliphatic hydroxyl groups is 2. The van der Waals surface area contributed by atoms with Crippen LogP contribution in [0.4, 0.5) is 0 Å². The molecule has 0 aromatic heterocycles. The van der Waals surface area contributed by atoms with Gasteiger partial charge in [-0.1, -0.05) is 27.2 Å². The Balaban J connectivity index is 2.25. The van der Waals surface area contributed by atoms with Crippen LogP contribution in [0.3, 0.4) is 0 Å². The highest BCUT2D eigenvalue weighted by Gasteiger charge is 2.51. The maximum Gasteiger partial charge on any atom is 0.0568 e. The van der Waals surface area contributed by atoms with Gasteiger partial charge in [0.25, 0.3) is 0 Å². The SMILES string of the molecule is CC1CCC2C(C)C(O)CCC2(C)C1CO. The fourth-order valence-corrected chi connectivity index (χ4v) is 4.51. The number of hydrogen-bond donors (Lipinski definition) is 2. The number of fused-ring (bicyclic) bond motifs is 1. The molecule has 6 unspecified atom stereocenters. The van der Waals surface area contributed by atoms with Gasteiger partial charge in [-0.15, -0.1) is 0 Å². The highest BCUT2D eigenvalue weighted by Crippen LogP contribution is 2.56. The van der Waals surface area contributed by atoms with Crippen LogP contribution >= 0.6 is 0 Å². The Morgan fingerprint density at radius 2 is 1.88 bits per heavy atom. The van der Waals surface area contributed by atoms with Gasteiger partial charge >= 0.3 is 0 Å². The molecule has 6 atom stereocenters. The minimum absolute atomic E-state index is 0.120. The summed E-state index contributed by atoms with van der Waals surface area (Å²) in [5, 5.41) is 19.6. The van der Waals surface area contributed by atoms with Crippen molar-refractivity contribution in [3.05, 3.63) is 0 Å². The van der Waals surface area contributed by atoms with Crippen LogP contribution in [0, 0.1) is 29.1 Å². The highest BCUT2D eigenvalue weighted by molar-refractivity contribution is 5.00. The molecule has 2 heteroatoms. The summed E-state index contributed by atoms with van der Waals surface area (Å²) in [5.74, 6) is 2.07. The van der Waals surface area contributed by atoms with Crippen LogP contribution in [0.15, 0.2) is 0 Å². The molecule has 0 saturated heterocycles. The maximum atomic E-state index is 9.99. The quantitative estimate of drug-likeness (QED) is 0.721. The van der Waals surface area contributed by atoms with Crippen LogP contribution in [0.25, 0.3) is 0 Å². The van der Waals surface area contributed by atoms with E-state index < -0.39 is 0 Å². The summed E-state index contributed by atoms with van der Waals surface area (Å²) in [4.78, 5) is 0. The van der Waals surface area contributed by atoms with Crippen molar-refractivity contribution < 1.29 is 10.2 Å². The predicted molar refractivity (Wildman–Crippen MR) is 65.0 cm³/mol. The fraction of sp³-hybridized carbons (Fsp3) is 1.00. The minimum atomic E-state index is -0.120. The summed E-state index contributed by atoms with van der Waals surface area (Å²) in [5.41, 5.74) is 0.255. The van der Waals surface area contributed by atoms with E-state index in [0.29, 0.717) is 30.3 Å². The van der Waals surface area contributed by atoms with E-state index in [1.807, 2.05) is 0 Å². The van der Waals surface area contributed by atoms with E-state index >= 15 is 0 Å². The Labute approximate surface area is 99.1 Å². The standard InChI is InChI=1S/C14H26O2/c1-9-4-5-11-10(2)13(16)6-7-14(11,3)12(9)8-15/h9-13,15-16H,4-8H2,1-3H3. The lowest BCUT2D eigenvalue weighted by molar-refractivity contribution is -0.115. The average Bonchev–Trinajstić information content (AvgIpc) is 2.24. The van der Waals surface area contributed by atoms with E-state index in [4.69, 9.17) is 0 Å². The third-order valence-electron chi connectivity index (χ3n) is 5.73. The molecule has 0 amide bonds. The summed E-state index contributed by atoms with van der Waals surface area (Å²) < 4.78 is 0. The normalized spacial score (nSPS) is 53.4. The van der Waals surface area contributed by atoms with Crippen molar-refractivity contribution in [1.29, 1.82) is 0 Å². The molecule has 2 nitrogen and oxygen atoms in total. The number of aliphatic hydroxyl groups excluding tert-OH is 2. The first-order valence-electron chi connectivity index (χ1n) is 6.79. The third kappa shape index (κ3) is 1.70. The van der Waals surface area contributed by atoms with Crippen LogP contribution in [-0.2, 0) is 0 Å². The molecule has 2 fully saturated rings. The van der Waals surface area contributed by atoms with E-state index in [0.717, 1.165) is 12.8 Å². The Bertz CT molecular complexity index is 253.